The fourth-order valence-corrected chi connectivity index (χ4v) is 2.47. The molecule has 0 saturated carbocycles. The molecule has 2 rings (SSSR count). The molecule has 1 saturated heterocycles. The van der Waals surface area contributed by atoms with Crippen LogP contribution in [-0.4, -0.2) is 30.1 Å². The molecule has 0 radical (unpaired) electrons. The fraction of sp³-hybridized carbons (Fsp3) is 0.500. The van der Waals surface area contributed by atoms with Gasteiger partial charge >= 0.3 is 5.97 Å². The molecule has 5 heteroatoms. The van der Waals surface area contributed by atoms with Gasteiger partial charge in [-0.1, -0.05) is 6.92 Å². The summed E-state index contributed by atoms with van der Waals surface area (Å²) in [4.78, 5) is 24.3. The van der Waals surface area contributed by atoms with Crippen LogP contribution < -0.4 is 10.2 Å². The van der Waals surface area contributed by atoms with E-state index in [1.54, 1.807) is 0 Å². The predicted octanol–water partition coefficient (Wildman–Crippen LogP) is 2.73. The van der Waals surface area contributed by atoms with Crippen LogP contribution in [0.4, 0.5) is 11.4 Å². The number of nitrogens with one attached hydrogen (secondary N) is 1. The highest BCUT2D eigenvalue weighted by Crippen LogP contribution is 2.24. The number of carbonyl (C=O) groups excluding carboxylic acids is 1. The van der Waals surface area contributed by atoms with Crippen molar-refractivity contribution in [2.24, 2.45) is 5.92 Å². The Morgan fingerprint density at radius 3 is 2.38 bits per heavy atom. The van der Waals surface area contributed by atoms with Gasteiger partial charge in [0.05, 0.1) is 6.42 Å². The first-order chi connectivity index (χ1) is 10.0. The first-order valence-corrected chi connectivity index (χ1v) is 7.41. The van der Waals surface area contributed by atoms with Gasteiger partial charge in [0, 0.05) is 30.9 Å². The molecule has 1 aromatic carbocycles. The van der Waals surface area contributed by atoms with Gasteiger partial charge in [0.25, 0.3) is 0 Å². The fourth-order valence-electron chi connectivity index (χ4n) is 2.47. The first-order valence-electron chi connectivity index (χ1n) is 7.41. The summed E-state index contributed by atoms with van der Waals surface area (Å²) in [5.74, 6) is -0.425. The molecule has 1 aliphatic rings. The lowest BCUT2D eigenvalue weighted by atomic mass is 9.99. The van der Waals surface area contributed by atoms with Crippen LogP contribution in [0.1, 0.15) is 32.6 Å². The van der Waals surface area contributed by atoms with E-state index in [0.717, 1.165) is 19.0 Å². The van der Waals surface area contributed by atoms with Crippen molar-refractivity contribution in [3.63, 3.8) is 0 Å². The van der Waals surface area contributed by atoms with Crippen LogP contribution in [0.2, 0.25) is 0 Å². The molecule has 2 N–H and O–H groups in total. The normalized spacial score (nSPS) is 15.8. The molecule has 0 atom stereocenters. The molecule has 0 aromatic heterocycles. The molecule has 1 heterocycles. The number of aliphatic carboxylic acids is 1. The maximum atomic E-state index is 11.6. The zero-order valence-corrected chi connectivity index (χ0v) is 12.3. The molecule has 5 nitrogen and oxygen atoms in total. The highest BCUT2D eigenvalue weighted by atomic mass is 16.4. The second-order valence-corrected chi connectivity index (χ2v) is 5.66. The monoisotopic (exact) mass is 290 g/mol. The number of nitrogens with zero attached hydrogens (tertiary/aromatic N) is 1. The highest BCUT2D eigenvalue weighted by molar-refractivity contribution is 5.92. The Morgan fingerprint density at radius 1 is 1.19 bits per heavy atom. The van der Waals surface area contributed by atoms with Gasteiger partial charge in [0.15, 0.2) is 0 Å². The third-order valence-corrected chi connectivity index (χ3v) is 3.87. The molecule has 1 amide bonds. The van der Waals surface area contributed by atoms with Crippen molar-refractivity contribution in [2.75, 3.05) is 23.3 Å². The van der Waals surface area contributed by atoms with E-state index in [1.165, 1.54) is 18.5 Å². The van der Waals surface area contributed by atoms with E-state index in [2.05, 4.69) is 17.1 Å². The number of anilines is 2. The van der Waals surface area contributed by atoms with Gasteiger partial charge in [-0.2, -0.15) is 0 Å². The number of carboxylic acid groups (broad SMARTS) is 1. The SMILES string of the molecule is CC1CCN(c2ccc(NC(=O)CCC(=O)O)cc2)CC1. The van der Waals surface area contributed by atoms with Crippen LogP contribution in [-0.2, 0) is 9.59 Å². The second kappa shape index (κ2) is 7.11. The Balaban J connectivity index is 1.87. The lowest BCUT2D eigenvalue weighted by Crippen LogP contribution is -2.32. The minimum absolute atomic E-state index is 0.00109. The molecule has 0 unspecified atom stereocenters. The van der Waals surface area contributed by atoms with Crippen molar-refractivity contribution in [1.29, 1.82) is 0 Å². The minimum Gasteiger partial charge on any atom is -0.481 e. The van der Waals surface area contributed by atoms with Crippen LogP contribution in [0.25, 0.3) is 0 Å². The molecule has 0 spiro atoms. The molecule has 0 aliphatic carbocycles. The summed E-state index contributed by atoms with van der Waals surface area (Å²) in [7, 11) is 0. The standard InChI is InChI=1S/C16H22N2O3/c1-12-8-10-18(11-9-12)14-4-2-13(3-5-14)17-15(19)6-7-16(20)21/h2-5,12H,6-11H2,1H3,(H,17,19)(H,20,21). The van der Waals surface area contributed by atoms with Gasteiger partial charge < -0.3 is 15.3 Å². The Bertz CT molecular complexity index is 491. The summed E-state index contributed by atoms with van der Waals surface area (Å²) < 4.78 is 0. The maximum absolute atomic E-state index is 11.6. The third kappa shape index (κ3) is 4.77. The van der Waals surface area contributed by atoms with Crippen LogP contribution in [0.3, 0.4) is 0 Å². The number of carboxylic acids is 1. The number of hydrogen-bond acceptors (Lipinski definition) is 3. The van der Waals surface area contributed by atoms with E-state index in [-0.39, 0.29) is 18.7 Å². The number of amides is 1. The minimum atomic E-state index is -0.958. The molecule has 1 aliphatic heterocycles. The lowest BCUT2D eigenvalue weighted by molar-refractivity contribution is -0.138. The Kier molecular flexibility index (Phi) is 5.20. The summed E-state index contributed by atoms with van der Waals surface area (Å²) in [6.07, 6.45) is 2.29. The smallest absolute Gasteiger partial charge is 0.303 e. The molecular weight excluding hydrogens is 268 g/mol. The Labute approximate surface area is 125 Å². The van der Waals surface area contributed by atoms with Crippen molar-refractivity contribution < 1.29 is 14.7 Å². The van der Waals surface area contributed by atoms with Gasteiger partial charge in [-0.05, 0) is 43.0 Å². The number of hydrogen-bond donors (Lipinski definition) is 2. The van der Waals surface area contributed by atoms with Crippen LogP contribution in [0, 0.1) is 5.92 Å². The summed E-state index contributed by atoms with van der Waals surface area (Å²) in [5.41, 5.74) is 1.88. The summed E-state index contributed by atoms with van der Waals surface area (Å²) in [5, 5.41) is 11.3. The van der Waals surface area contributed by atoms with Crippen molar-refractivity contribution in [1.82, 2.24) is 0 Å². The topological polar surface area (TPSA) is 69.6 Å². The molecular formula is C16H22N2O3. The van der Waals surface area contributed by atoms with Gasteiger partial charge in [-0.3, -0.25) is 9.59 Å². The van der Waals surface area contributed by atoms with Crippen molar-refractivity contribution in [3.05, 3.63) is 24.3 Å². The van der Waals surface area contributed by atoms with Crippen molar-refractivity contribution in [3.8, 4) is 0 Å². The van der Waals surface area contributed by atoms with Crippen LogP contribution in [0.5, 0.6) is 0 Å². The number of carbonyl (C=O) groups is 2. The number of piperidine rings is 1. The Hall–Kier alpha value is -2.04. The first kappa shape index (κ1) is 15.4. The molecule has 0 bridgehead atoms. The third-order valence-electron chi connectivity index (χ3n) is 3.87. The van der Waals surface area contributed by atoms with E-state index >= 15 is 0 Å². The zero-order chi connectivity index (χ0) is 15.2. The number of rotatable bonds is 5. The van der Waals surface area contributed by atoms with Gasteiger partial charge in [-0.15, -0.1) is 0 Å². The average molecular weight is 290 g/mol. The lowest BCUT2D eigenvalue weighted by Gasteiger charge is -2.32. The van der Waals surface area contributed by atoms with Gasteiger partial charge in [0.1, 0.15) is 0 Å². The van der Waals surface area contributed by atoms with E-state index in [9.17, 15) is 9.59 Å². The largest absolute Gasteiger partial charge is 0.481 e. The van der Waals surface area contributed by atoms with E-state index in [1.807, 2.05) is 24.3 Å². The summed E-state index contributed by atoms with van der Waals surface area (Å²) >= 11 is 0. The summed E-state index contributed by atoms with van der Waals surface area (Å²) in [6, 6.07) is 7.74. The van der Waals surface area contributed by atoms with Gasteiger partial charge in [0.2, 0.25) is 5.91 Å². The Morgan fingerprint density at radius 2 is 1.81 bits per heavy atom. The molecule has 1 aromatic rings. The molecule has 1 fully saturated rings. The highest BCUT2D eigenvalue weighted by Gasteiger charge is 2.15. The predicted molar refractivity (Wildman–Crippen MR) is 82.6 cm³/mol. The quantitative estimate of drug-likeness (QED) is 0.875. The zero-order valence-electron chi connectivity index (χ0n) is 12.3. The van der Waals surface area contributed by atoms with Crippen LogP contribution in [0.15, 0.2) is 24.3 Å². The van der Waals surface area contributed by atoms with Crippen molar-refractivity contribution in [2.45, 2.75) is 32.6 Å². The summed E-state index contributed by atoms with van der Waals surface area (Å²) in [6.45, 7) is 4.43. The molecule has 114 valence electrons. The van der Waals surface area contributed by atoms with E-state index in [4.69, 9.17) is 5.11 Å². The van der Waals surface area contributed by atoms with Crippen molar-refractivity contribution >= 4 is 23.3 Å². The number of benzene rings is 1. The van der Waals surface area contributed by atoms with Crippen LogP contribution >= 0.6 is 0 Å². The van der Waals surface area contributed by atoms with E-state index < -0.39 is 5.97 Å². The van der Waals surface area contributed by atoms with Gasteiger partial charge in [-0.25, -0.2) is 0 Å². The maximum Gasteiger partial charge on any atom is 0.303 e. The van der Waals surface area contributed by atoms with E-state index in [0.29, 0.717) is 5.69 Å². The molecule has 21 heavy (non-hydrogen) atoms. The second-order valence-electron chi connectivity index (χ2n) is 5.66. The average Bonchev–Trinajstić information content (AvgIpc) is 2.47.